The second-order valence-electron chi connectivity index (χ2n) is 17.1. The number of Topliss-reactive ketones (excluding diaryl/α,β-unsaturated/α-hetero) is 1. The van der Waals surface area contributed by atoms with Gasteiger partial charge in [-0.3, -0.25) is 24.0 Å². The number of carbonyl (C=O) groups excluding carboxylic acids is 5. The lowest BCUT2D eigenvalue weighted by Crippen LogP contribution is -2.67. The van der Waals surface area contributed by atoms with Crippen LogP contribution in [0.4, 0.5) is 0 Å². The van der Waals surface area contributed by atoms with Crippen LogP contribution in [0.1, 0.15) is 105 Å². The van der Waals surface area contributed by atoms with Crippen molar-refractivity contribution in [1.29, 1.82) is 0 Å². The van der Waals surface area contributed by atoms with Gasteiger partial charge in [0, 0.05) is 39.2 Å². The molecule has 3 saturated carbocycles. The van der Waals surface area contributed by atoms with Gasteiger partial charge >= 0.3 is 17.9 Å². The summed E-state index contributed by atoms with van der Waals surface area (Å²) in [4.78, 5) is 62.5. The summed E-state index contributed by atoms with van der Waals surface area (Å²) in [7, 11) is 3.34. The number of methoxy groups -OCH3 is 2. The minimum absolute atomic E-state index is 0.0293. The molecule has 4 aliphatic carbocycles. The highest BCUT2D eigenvalue weighted by Gasteiger charge is 2.63. The van der Waals surface area contributed by atoms with E-state index in [4.69, 9.17) is 33.2 Å². The molecule has 1 amide bonds. The number of esters is 3. The zero-order chi connectivity index (χ0) is 40.7. The maximum absolute atomic E-state index is 13.6. The molecule has 6 rings (SSSR count). The number of rotatable bonds is 11. The number of ketones is 1. The highest BCUT2D eigenvalue weighted by Crippen LogP contribution is 2.69. The van der Waals surface area contributed by atoms with Gasteiger partial charge in [-0.05, 0) is 105 Å². The normalized spacial score (nSPS) is 37.4. The molecule has 13 heteroatoms. The smallest absolute Gasteiger partial charge is 0.303 e. The van der Waals surface area contributed by atoms with Crippen molar-refractivity contribution in [2.75, 3.05) is 20.8 Å². The molecule has 1 aliphatic heterocycles. The average Bonchev–Trinajstić information content (AvgIpc) is 3.46. The minimum atomic E-state index is -1.18. The molecule has 1 N–H and O–H groups in total. The molecule has 0 unspecified atom stereocenters. The van der Waals surface area contributed by atoms with Crippen LogP contribution in [-0.4, -0.2) is 87.2 Å². The third-order valence-corrected chi connectivity index (χ3v) is 13.8. The molecule has 0 spiro atoms. The van der Waals surface area contributed by atoms with Gasteiger partial charge in [0.1, 0.15) is 36.0 Å². The van der Waals surface area contributed by atoms with Crippen LogP contribution < -0.4 is 14.8 Å². The molecular weight excluding hydrogens is 722 g/mol. The number of benzene rings is 1. The summed E-state index contributed by atoms with van der Waals surface area (Å²) in [5.74, 6) is 0.585. The minimum Gasteiger partial charge on any atom is -0.497 e. The Balaban J connectivity index is 1.25. The monoisotopic (exact) mass is 781 g/mol. The van der Waals surface area contributed by atoms with Crippen LogP contribution in [-0.2, 0) is 47.7 Å². The van der Waals surface area contributed by atoms with Crippen LogP contribution in [0.2, 0.25) is 0 Å². The number of hydrogen-bond acceptors (Lipinski definition) is 12. The van der Waals surface area contributed by atoms with Gasteiger partial charge in [0.15, 0.2) is 18.5 Å². The lowest BCUT2D eigenvalue weighted by Gasteiger charge is -2.58. The predicted octanol–water partition coefficient (Wildman–Crippen LogP) is 5.61. The van der Waals surface area contributed by atoms with E-state index in [1.165, 1.54) is 33.3 Å². The largest absolute Gasteiger partial charge is 0.497 e. The topological polar surface area (TPSA) is 162 Å². The summed E-state index contributed by atoms with van der Waals surface area (Å²) in [6.45, 7) is 11.2. The lowest BCUT2D eigenvalue weighted by molar-refractivity contribution is -0.289. The van der Waals surface area contributed by atoms with Crippen molar-refractivity contribution in [1.82, 2.24) is 5.32 Å². The molecule has 56 heavy (non-hydrogen) atoms. The summed E-state index contributed by atoms with van der Waals surface area (Å²) >= 11 is 0. The van der Waals surface area contributed by atoms with E-state index in [2.05, 4.69) is 31.3 Å². The Bertz CT molecular complexity index is 1730. The number of ether oxygens (including phenoxy) is 7. The standard InChI is InChI=1S/C43H59NO12/c1-22(45)37-32(31-19-28(50-8)11-13-35(31)51-9)20-34-30-12-10-27-18-29(14-16-42(27,6)33(30)15-17-43(34,37)7)55-41-38(44-23(2)46)40(54-26(5)49)39(53-25(4)48)36(56-41)21-52-24(3)47/h10-11,13,19,29-30,32-34,36-41H,12,14-18,20-21H2,1-9H3,(H,44,46)/t29-,30+,32-,33-,34-,36+,37-,38+,39+,40+,41+,42-,43-/m0/s1. The van der Waals surface area contributed by atoms with Gasteiger partial charge in [-0.2, -0.15) is 0 Å². The molecule has 0 bridgehead atoms. The number of allylic oxidation sites excluding steroid dienone is 1. The van der Waals surface area contributed by atoms with E-state index in [1.54, 1.807) is 21.1 Å². The molecular formula is C43H59NO12. The van der Waals surface area contributed by atoms with Crippen LogP contribution in [0.25, 0.3) is 0 Å². The van der Waals surface area contributed by atoms with Crippen molar-refractivity contribution in [3.8, 4) is 11.5 Å². The Morgan fingerprint density at radius 1 is 0.875 bits per heavy atom. The van der Waals surface area contributed by atoms with E-state index in [-0.39, 0.29) is 41.2 Å². The first kappa shape index (κ1) is 41.7. The first-order valence-electron chi connectivity index (χ1n) is 20.0. The van der Waals surface area contributed by atoms with Gasteiger partial charge in [0.25, 0.3) is 0 Å². The molecule has 1 heterocycles. The van der Waals surface area contributed by atoms with E-state index in [9.17, 15) is 24.0 Å². The van der Waals surface area contributed by atoms with E-state index in [1.807, 2.05) is 12.1 Å². The van der Waals surface area contributed by atoms with Gasteiger partial charge in [-0.25, -0.2) is 0 Å². The zero-order valence-corrected chi connectivity index (χ0v) is 34.2. The fourth-order valence-electron chi connectivity index (χ4n) is 11.6. The van der Waals surface area contributed by atoms with Gasteiger partial charge in [0.2, 0.25) is 5.91 Å². The van der Waals surface area contributed by atoms with Gasteiger partial charge in [-0.1, -0.05) is 25.5 Å². The number of amides is 1. The van der Waals surface area contributed by atoms with Crippen molar-refractivity contribution in [3.63, 3.8) is 0 Å². The molecule has 308 valence electrons. The summed E-state index contributed by atoms with van der Waals surface area (Å²) in [5.41, 5.74) is 2.17. The Labute approximate surface area is 329 Å². The summed E-state index contributed by atoms with van der Waals surface area (Å²) in [6, 6.07) is 4.88. The van der Waals surface area contributed by atoms with E-state index in [0.29, 0.717) is 30.6 Å². The molecule has 0 radical (unpaired) electrons. The van der Waals surface area contributed by atoms with E-state index >= 15 is 0 Å². The number of hydrogen-bond donors (Lipinski definition) is 1. The van der Waals surface area contributed by atoms with Crippen molar-refractivity contribution >= 4 is 29.6 Å². The zero-order valence-electron chi connectivity index (χ0n) is 34.2. The SMILES string of the molecule is COc1ccc(OC)c([C@@H]2C[C@H]3[C@@H]4CC=C5C[C@@H](O[C@@H]6O[C@H](COC(C)=O)[C@@H](OC(C)=O)[C@H](OC(C)=O)[C@H]6NC(C)=O)CC[C@]5(C)[C@H]4CC[C@]3(C)[C@H]2C(C)=O)c1. The molecule has 1 saturated heterocycles. The number of nitrogens with one attached hydrogen (secondary N) is 1. The molecule has 13 nitrogen and oxygen atoms in total. The van der Waals surface area contributed by atoms with Crippen molar-refractivity contribution in [3.05, 3.63) is 35.4 Å². The summed E-state index contributed by atoms with van der Waals surface area (Å²) in [5, 5.41) is 2.81. The second-order valence-corrected chi connectivity index (χ2v) is 17.1. The van der Waals surface area contributed by atoms with E-state index in [0.717, 1.165) is 49.2 Å². The predicted molar refractivity (Wildman–Crippen MR) is 202 cm³/mol. The van der Waals surface area contributed by atoms with Crippen LogP contribution in [0.15, 0.2) is 29.8 Å². The Hall–Kier alpha value is -3.97. The summed E-state index contributed by atoms with van der Waals surface area (Å²) < 4.78 is 41.0. The molecule has 1 aromatic carbocycles. The third-order valence-electron chi connectivity index (χ3n) is 13.8. The Kier molecular flexibility index (Phi) is 12.3. The highest BCUT2D eigenvalue weighted by atomic mass is 16.7. The van der Waals surface area contributed by atoms with Gasteiger partial charge < -0.3 is 38.5 Å². The molecule has 5 aliphatic rings. The average molecular weight is 782 g/mol. The van der Waals surface area contributed by atoms with Crippen LogP contribution >= 0.6 is 0 Å². The van der Waals surface area contributed by atoms with Crippen molar-refractivity contribution < 1.29 is 57.1 Å². The Morgan fingerprint density at radius 3 is 2.21 bits per heavy atom. The Morgan fingerprint density at radius 2 is 1.59 bits per heavy atom. The van der Waals surface area contributed by atoms with Gasteiger partial charge in [0.05, 0.1) is 20.3 Å². The maximum Gasteiger partial charge on any atom is 0.303 e. The quantitative estimate of drug-likeness (QED) is 0.168. The van der Waals surface area contributed by atoms with E-state index < -0.39 is 54.5 Å². The maximum atomic E-state index is 13.6. The van der Waals surface area contributed by atoms with Crippen molar-refractivity contribution in [2.45, 2.75) is 136 Å². The molecule has 13 atom stereocenters. The number of fused-ring (bicyclic) bond motifs is 5. The summed E-state index contributed by atoms with van der Waals surface area (Å²) in [6.07, 6.45) is 3.65. The fraction of sp³-hybridized carbons (Fsp3) is 0.698. The van der Waals surface area contributed by atoms with Crippen LogP contribution in [0.3, 0.4) is 0 Å². The lowest BCUT2D eigenvalue weighted by atomic mass is 9.47. The molecule has 0 aromatic heterocycles. The van der Waals surface area contributed by atoms with Crippen LogP contribution in [0, 0.1) is 34.5 Å². The van der Waals surface area contributed by atoms with Gasteiger partial charge in [-0.15, -0.1) is 0 Å². The third kappa shape index (κ3) is 7.95. The van der Waals surface area contributed by atoms with Crippen molar-refractivity contribution in [2.24, 2.45) is 34.5 Å². The molecule has 4 fully saturated rings. The number of carbonyl (C=O) groups is 5. The van der Waals surface area contributed by atoms with Crippen LogP contribution in [0.5, 0.6) is 11.5 Å². The fourth-order valence-corrected chi connectivity index (χ4v) is 11.6. The first-order chi connectivity index (χ1) is 26.5. The molecule has 1 aromatic rings. The second kappa shape index (κ2) is 16.5. The first-order valence-corrected chi connectivity index (χ1v) is 20.0. The highest BCUT2D eigenvalue weighted by molar-refractivity contribution is 5.81.